The Morgan fingerprint density at radius 1 is 1.19 bits per heavy atom. The van der Waals surface area contributed by atoms with E-state index in [1.54, 1.807) is 18.5 Å². The maximum atomic E-state index is 12.6. The first kappa shape index (κ1) is 19.6. The monoisotopic (exact) mass is 418 g/mol. The van der Waals surface area contributed by atoms with E-state index in [-0.39, 0.29) is 17.4 Å². The molecule has 0 radical (unpaired) electrons. The zero-order valence-electron chi connectivity index (χ0n) is 17.6. The molecule has 31 heavy (non-hydrogen) atoms. The SMILES string of the molecule is Cc1ccc(NC(=O)N2CCC3(CC2)CC3CNC(=O)c2cc3ccncc3o2)cc1. The molecule has 7 nitrogen and oxygen atoms in total. The van der Waals surface area contributed by atoms with Gasteiger partial charge in [-0.1, -0.05) is 17.7 Å². The number of benzene rings is 1. The van der Waals surface area contributed by atoms with Gasteiger partial charge in [0, 0.05) is 36.9 Å². The third-order valence-electron chi connectivity index (χ3n) is 6.76. The number of urea groups is 1. The number of fused-ring (bicyclic) bond motifs is 1. The number of anilines is 1. The van der Waals surface area contributed by atoms with E-state index in [0.29, 0.717) is 23.8 Å². The number of pyridine rings is 1. The second-order valence-electron chi connectivity index (χ2n) is 8.78. The van der Waals surface area contributed by atoms with Crippen LogP contribution in [0.25, 0.3) is 11.0 Å². The van der Waals surface area contributed by atoms with Crippen LogP contribution >= 0.6 is 0 Å². The van der Waals surface area contributed by atoms with Gasteiger partial charge in [0.1, 0.15) is 0 Å². The summed E-state index contributed by atoms with van der Waals surface area (Å²) >= 11 is 0. The predicted octanol–water partition coefficient (Wildman–Crippen LogP) is 4.20. The van der Waals surface area contributed by atoms with Gasteiger partial charge in [-0.3, -0.25) is 9.78 Å². The number of nitrogens with one attached hydrogen (secondary N) is 2. The lowest BCUT2D eigenvalue weighted by molar-refractivity contribution is 0.0923. The topological polar surface area (TPSA) is 87.5 Å². The lowest BCUT2D eigenvalue weighted by atomic mass is 9.91. The molecule has 1 aromatic carbocycles. The fourth-order valence-electron chi connectivity index (χ4n) is 4.63. The van der Waals surface area contributed by atoms with Crippen molar-refractivity contribution >= 4 is 28.6 Å². The summed E-state index contributed by atoms with van der Waals surface area (Å²) in [4.78, 5) is 30.9. The van der Waals surface area contributed by atoms with E-state index in [9.17, 15) is 9.59 Å². The highest BCUT2D eigenvalue weighted by molar-refractivity contribution is 5.95. The molecule has 1 saturated heterocycles. The number of carbonyl (C=O) groups is 2. The lowest BCUT2D eigenvalue weighted by Gasteiger charge is -2.33. The first-order valence-electron chi connectivity index (χ1n) is 10.8. The normalized spacial score (nSPS) is 19.4. The third-order valence-corrected chi connectivity index (χ3v) is 6.76. The van der Waals surface area contributed by atoms with E-state index >= 15 is 0 Å². The Balaban J connectivity index is 1.10. The van der Waals surface area contributed by atoms with Crippen molar-refractivity contribution in [2.45, 2.75) is 26.2 Å². The first-order chi connectivity index (χ1) is 15.0. The molecule has 1 spiro atoms. The molecule has 2 aromatic heterocycles. The number of hydrogen-bond donors (Lipinski definition) is 2. The molecule has 1 atom stereocenters. The van der Waals surface area contributed by atoms with Crippen LogP contribution in [0.5, 0.6) is 0 Å². The predicted molar refractivity (Wildman–Crippen MR) is 118 cm³/mol. The Morgan fingerprint density at radius 2 is 1.97 bits per heavy atom. The molecule has 2 fully saturated rings. The van der Waals surface area contributed by atoms with Crippen LogP contribution in [-0.2, 0) is 0 Å². The van der Waals surface area contributed by atoms with Gasteiger partial charge in [0.05, 0.1) is 6.20 Å². The van der Waals surface area contributed by atoms with E-state index in [4.69, 9.17) is 4.42 Å². The van der Waals surface area contributed by atoms with E-state index in [2.05, 4.69) is 15.6 Å². The molecule has 0 bridgehead atoms. The molecule has 2 aliphatic rings. The van der Waals surface area contributed by atoms with Crippen molar-refractivity contribution in [3.63, 3.8) is 0 Å². The molecule has 160 valence electrons. The van der Waals surface area contributed by atoms with Crippen molar-refractivity contribution in [3.05, 3.63) is 60.1 Å². The van der Waals surface area contributed by atoms with Crippen LogP contribution in [0.2, 0.25) is 0 Å². The van der Waals surface area contributed by atoms with E-state index in [1.807, 2.05) is 42.2 Å². The lowest BCUT2D eigenvalue weighted by Crippen LogP contribution is -2.42. The van der Waals surface area contributed by atoms with Crippen molar-refractivity contribution < 1.29 is 14.0 Å². The fraction of sp³-hybridized carbons (Fsp3) is 0.375. The molecular formula is C24H26N4O3. The molecule has 3 amide bonds. The van der Waals surface area contributed by atoms with Crippen LogP contribution in [0, 0.1) is 18.3 Å². The first-order valence-corrected chi connectivity index (χ1v) is 10.8. The number of hydrogen-bond acceptors (Lipinski definition) is 4. The Morgan fingerprint density at radius 3 is 2.71 bits per heavy atom. The second kappa shape index (κ2) is 7.72. The molecule has 1 saturated carbocycles. The molecule has 7 heteroatoms. The Hall–Kier alpha value is -3.35. The quantitative estimate of drug-likeness (QED) is 0.665. The highest BCUT2D eigenvalue weighted by Crippen LogP contribution is 2.59. The maximum Gasteiger partial charge on any atom is 0.321 e. The van der Waals surface area contributed by atoms with Crippen LogP contribution in [0.4, 0.5) is 10.5 Å². The van der Waals surface area contributed by atoms with Gasteiger partial charge in [0.2, 0.25) is 0 Å². The molecule has 1 unspecified atom stereocenters. The number of piperidine rings is 1. The fourth-order valence-corrected chi connectivity index (χ4v) is 4.63. The molecular weight excluding hydrogens is 392 g/mol. The minimum atomic E-state index is -0.187. The van der Waals surface area contributed by atoms with Crippen molar-refractivity contribution in [3.8, 4) is 0 Å². The number of aryl methyl sites for hydroxylation is 1. The molecule has 5 rings (SSSR count). The molecule has 1 aliphatic carbocycles. The molecule has 3 heterocycles. The molecule has 3 aromatic rings. The summed E-state index contributed by atoms with van der Waals surface area (Å²) < 4.78 is 5.59. The number of nitrogens with zero attached hydrogens (tertiary/aromatic N) is 2. The van der Waals surface area contributed by atoms with E-state index in [1.165, 1.54) is 5.56 Å². The van der Waals surface area contributed by atoms with Gasteiger partial charge in [-0.05, 0) is 61.8 Å². The maximum absolute atomic E-state index is 12.6. The standard InChI is InChI=1S/C24H26N4O3/c1-16-2-4-19(5-3-16)27-23(30)28-10-7-24(8-11-28)13-18(24)14-26-22(29)20-12-17-6-9-25-15-21(17)31-20/h2-6,9,12,15,18H,7-8,10-11,13-14H2,1H3,(H,26,29)(H,27,30). The number of furan rings is 1. The van der Waals surface area contributed by atoms with Crippen molar-refractivity contribution in [1.29, 1.82) is 0 Å². The van der Waals surface area contributed by atoms with Crippen LogP contribution in [0.15, 0.2) is 53.2 Å². The van der Waals surface area contributed by atoms with Gasteiger partial charge in [-0.2, -0.15) is 0 Å². The van der Waals surface area contributed by atoms with Gasteiger partial charge in [0.15, 0.2) is 11.3 Å². The summed E-state index contributed by atoms with van der Waals surface area (Å²) in [5, 5.41) is 6.88. The van der Waals surface area contributed by atoms with Crippen molar-refractivity contribution in [1.82, 2.24) is 15.2 Å². The summed E-state index contributed by atoms with van der Waals surface area (Å²) in [5.74, 6) is 0.596. The van der Waals surface area contributed by atoms with Gasteiger partial charge < -0.3 is 20.0 Å². The third kappa shape index (κ3) is 4.00. The summed E-state index contributed by atoms with van der Waals surface area (Å²) in [5.41, 5.74) is 2.87. The minimum absolute atomic E-state index is 0.0384. The van der Waals surface area contributed by atoms with E-state index in [0.717, 1.165) is 43.4 Å². The molecule has 2 N–H and O–H groups in total. The highest BCUT2D eigenvalue weighted by atomic mass is 16.3. The van der Waals surface area contributed by atoms with Gasteiger partial charge >= 0.3 is 6.03 Å². The van der Waals surface area contributed by atoms with Gasteiger partial charge in [0.25, 0.3) is 5.91 Å². The Kier molecular flexibility index (Phi) is 4.88. The summed E-state index contributed by atoms with van der Waals surface area (Å²) in [7, 11) is 0. The summed E-state index contributed by atoms with van der Waals surface area (Å²) in [6.07, 6.45) is 6.35. The van der Waals surface area contributed by atoms with Crippen LogP contribution in [0.3, 0.4) is 0 Å². The number of likely N-dealkylation sites (tertiary alicyclic amines) is 1. The van der Waals surface area contributed by atoms with Crippen LogP contribution in [0.1, 0.15) is 35.4 Å². The molecule has 1 aliphatic heterocycles. The largest absolute Gasteiger partial charge is 0.449 e. The van der Waals surface area contributed by atoms with Gasteiger partial charge in [-0.25, -0.2) is 4.79 Å². The number of rotatable bonds is 4. The average molecular weight is 418 g/mol. The number of aromatic nitrogens is 1. The second-order valence-corrected chi connectivity index (χ2v) is 8.78. The number of amides is 3. The van der Waals surface area contributed by atoms with Crippen LogP contribution < -0.4 is 10.6 Å². The zero-order valence-corrected chi connectivity index (χ0v) is 17.6. The van der Waals surface area contributed by atoms with Crippen molar-refractivity contribution in [2.75, 3.05) is 25.0 Å². The number of carbonyl (C=O) groups excluding carboxylic acids is 2. The summed E-state index contributed by atoms with van der Waals surface area (Å²) in [6.45, 7) is 4.17. The van der Waals surface area contributed by atoms with E-state index < -0.39 is 0 Å². The zero-order chi connectivity index (χ0) is 21.4. The van der Waals surface area contributed by atoms with Crippen LogP contribution in [-0.4, -0.2) is 41.5 Å². The van der Waals surface area contributed by atoms with Gasteiger partial charge in [-0.15, -0.1) is 0 Å². The smallest absolute Gasteiger partial charge is 0.321 e. The Bertz CT molecular complexity index is 1080. The Labute approximate surface area is 180 Å². The minimum Gasteiger partial charge on any atom is -0.449 e. The highest BCUT2D eigenvalue weighted by Gasteiger charge is 2.54. The average Bonchev–Trinajstić information content (AvgIpc) is 3.25. The van der Waals surface area contributed by atoms with Crippen molar-refractivity contribution in [2.24, 2.45) is 11.3 Å². The summed E-state index contributed by atoms with van der Waals surface area (Å²) in [6, 6.07) is 11.4.